The number of rotatable bonds is 24. The molecule has 1 unspecified atom stereocenters. The predicted molar refractivity (Wildman–Crippen MR) is 255 cm³/mol. The highest BCUT2D eigenvalue weighted by atomic mass is 32.2. The summed E-state index contributed by atoms with van der Waals surface area (Å²) in [5, 5.41) is -0.696. The number of hydrogen-bond donors (Lipinski definition) is 0. The molecule has 0 bridgehead atoms. The number of allylic oxidation sites excluding steroid dienone is 2. The molecule has 7 nitrogen and oxygen atoms in total. The molecule has 0 N–H and O–H groups in total. The third-order valence-corrected chi connectivity index (χ3v) is 19.9. The molecule has 0 spiro atoms. The van der Waals surface area contributed by atoms with Crippen LogP contribution in [-0.4, -0.2) is 54.0 Å². The van der Waals surface area contributed by atoms with Gasteiger partial charge in [-0.05, 0) is 122 Å². The normalized spacial score (nSPS) is 19.5. The van der Waals surface area contributed by atoms with Crippen LogP contribution in [0, 0.1) is 17.8 Å². The van der Waals surface area contributed by atoms with Crippen molar-refractivity contribution in [3.05, 3.63) is 144 Å². The fourth-order valence-electron chi connectivity index (χ4n) is 8.24. The summed E-state index contributed by atoms with van der Waals surface area (Å²) in [4.78, 5) is 0.364. The monoisotopic (exact) mass is 882 g/mol. The highest BCUT2D eigenvalue weighted by Gasteiger charge is 2.43. The number of ether oxygens (including phenoxy) is 4. The molecule has 0 aromatic heterocycles. The number of unbranched alkanes of at least 4 members (excludes halogenated alkanes) is 1. The quantitative estimate of drug-likeness (QED) is 0.0394. The molecule has 0 aliphatic heterocycles. The molecule has 62 heavy (non-hydrogen) atoms. The Morgan fingerprint density at radius 1 is 0.742 bits per heavy atom. The standard InChI is InChI=1S/C53H74O7SSi/c1-41(21-13-12-20-34-57-38-45-28-31-47(56-6)32-29-45)52(61(54,55)48-26-18-11-19-27-48)37-50(60-62(7,8)53(3,4)5)42(2)35-46-30-33-49(58-39-43-22-14-9-15-23-43)51(36-46)59-40-44-24-16-10-17-25-44/h9-11,13-19,21-29,31-32,41-42,46,49-52H,12,20,30,33-40H2,1-8H3/b21-13+/t41-,42-,46+,49-,50+,51-,52?/m1/s1. The van der Waals surface area contributed by atoms with E-state index in [0.717, 1.165) is 61.0 Å². The van der Waals surface area contributed by atoms with Crippen LogP contribution in [0.4, 0.5) is 0 Å². The van der Waals surface area contributed by atoms with E-state index >= 15 is 0 Å². The Kier molecular flexibility index (Phi) is 19.1. The van der Waals surface area contributed by atoms with Crippen molar-refractivity contribution >= 4 is 18.2 Å². The Balaban J connectivity index is 1.31. The summed E-state index contributed by atoms with van der Waals surface area (Å²) in [7, 11) is -4.35. The molecule has 1 saturated carbocycles. The second kappa shape index (κ2) is 23.9. The summed E-state index contributed by atoms with van der Waals surface area (Å²) < 4.78 is 61.3. The lowest BCUT2D eigenvalue weighted by atomic mass is 9.78. The second-order valence-corrected chi connectivity index (χ2v) is 25.9. The van der Waals surface area contributed by atoms with E-state index in [4.69, 9.17) is 23.4 Å². The van der Waals surface area contributed by atoms with Gasteiger partial charge < -0.3 is 23.4 Å². The molecular weight excluding hydrogens is 809 g/mol. The van der Waals surface area contributed by atoms with Crippen molar-refractivity contribution in [3.8, 4) is 5.75 Å². The Morgan fingerprint density at radius 2 is 1.31 bits per heavy atom. The third kappa shape index (κ3) is 15.0. The fraction of sp³-hybridized carbons (Fsp3) is 0.509. The lowest BCUT2D eigenvalue weighted by molar-refractivity contribution is -0.116. The van der Waals surface area contributed by atoms with Crippen LogP contribution in [0.15, 0.2) is 132 Å². The summed E-state index contributed by atoms with van der Waals surface area (Å²) in [5.41, 5.74) is 3.42. The summed E-state index contributed by atoms with van der Waals surface area (Å²) in [6.07, 6.45) is 9.77. The summed E-state index contributed by atoms with van der Waals surface area (Å²) >= 11 is 0. The largest absolute Gasteiger partial charge is 0.497 e. The second-order valence-electron chi connectivity index (χ2n) is 18.9. The zero-order valence-corrected chi connectivity index (χ0v) is 40.5. The van der Waals surface area contributed by atoms with Gasteiger partial charge in [0.25, 0.3) is 0 Å². The molecule has 4 aromatic rings. The highest BCUT2D eigenvalue weighted by molar-refractivity contribution is 7.92. The smallest absolute Gasteiger partial charge is 0.192 e. The van der Waals surface area contributed by atoms with Crippen molar-refractivity contribution in [3.63, 3.8) is 0 Å². The third-order valence-electron chi connectivity index (χ3n) is 13.1. The summed E-state index contributed by atoms with van der Waals surface area (Å²) in [5.74, 6) is 1.11. The zero-order valence-electron chi connectivity index (χ0n) is 38.7. The fourth-order valence-corrected chi connectivity index (χ4v) is 11.7. The van der Waals surface area contributed by atoms with Gasteiger partial charge in [0.15, 0.2) is 18.2 Å². The van der Waals surface area contributed by atoms with E-state index in [0.29, 0.717) is 43.7 Å². The maximum atomic E-state index is 14.7. The first-order valence-corrected chi connectivity index (χ1v) is 27.3. The van der Waals surface area contributed by atoms with Crippen LogP contribution in [0.1, 0.15) is 96.3 Å². The van der Waals surface area contributed by atoms with Gasteiger partial charge in [-0.3, -0.25) is 0 Å². The maximum Gasteiger partial charge on any atom is 0.192 e. The minimum atomic E-state index is -3.71. The van der Waals surface area contributed by atoms with Gasteiger partial charge in [-0.15, -0.1) is 0 Å². The van der Waals surface area contributed by atoms with Crippen molar-refractivity contribution in [1.82, 2.24) is 0 Å². The Hall–Kier alpha value is -3.57. The first kappa shape index (κ1) is 49.4. The van der Waals surface area contributed by atoms with Crippen molar-refractivity contribution in [1.29, 1.82) is 0 Å². The van der Waals surface area contributed by atoms with E-state index in [9.17, 15) is 8.42 Å². The van der Waals surface area contributed by atoms with Crippen molar-refractivity contribution in [2.24, 2.45) is 17.8 Å². The number of hydrogen-bond acceptors (Lipinski definition) is 7. The van der Waals surface area contributed by atoms with Crippen molar-refractivity contribution in [2.75, 3.05) is 13.7 Å². The van der Waals surface area contributed by atoms with Gasteiger partial charge in [0, 0.05) is 12.7 Å². The first-order chi connectivity index (χ1) is 29.7. The Bertz CT molecular complexity index is 2000. The van der Waals surface area contributed by atoms with Gasteiger partial charge in [-0.25, -0.2) is 8.42 Å². The van der Waals surface area contributed by atoms with Gasteiger partial charge >= 0.3 is 0 Å². The van der Waals surface area contributed by atoms with Crippen LogP contribution in [0.5, 0.6) is 5.75 Å². The van der Waals surface area contributed by atoms with E-state index in [1.165, 1.54) is 0 Å². The highest BCUT2D eigenvalue weighted by Crippen LogP contribution is 2.42. The van der Waals surface area contributed by atoms with Crippen LogP contribution in [0.25, 0.3) is 0 Å². The van der Waals surface area contributed by atoms with Gasteiger partial charge in [0.1, 0.15) is 5.75 Å². The van der Waals surface area contributed by atoms with Gasteiger partial charge in [0.05, 0.1) is 49.3 Å². The molecule has 0 amide bonds. The Labute approximate surface area is 375 Å². The maximum absolute atomic E-state index is 14.7. The average molecular weight is 883 g/mol. The van der Waals surface area contributed by atoms with Crippen LogP contribution in [0.2, 0.25) is 18.1 Å². The average Bonchev–Trinajstić information content (AvgIpc) is 3.27. The lowest BCUT2D eigenvalue weighted by Crippen LogP contribution is -2.48. The van der Waals surface area contributed by atoms with Gasteiger partial charge in [-0.1, -0.05) is 138 Å². The molecule has 7 atom stereocenters. The molecule has 1 fully saturated rings. The molecule has 9 heteroatoms. The van der Waals surface area contributed by atoms with E-state index in [-0.39, 0.29) is 35.2 Å². The van der Waals surface area contributed by atoms with E-state index in [1.807, 2.05) is 54.6 Å². The number of sulfone groups is 1. The van der Waals surface area contributed by atoms with Crippen LogP contribution >= 0.6 is 0 Å². The van der Waals surface area contributed by atoms with Crippen LogP contribution in [0.3, 0.4) is 0 Å². The summed E-state index contributed by atoms with van der Waals surface area (Å²) in [6.45, 7) is 18.0. The Morgan fingerprint density at radius 3 is 1.89 bits per heavy atom. The van der Waals surface area contributed by atoms with E-state index < -0.39 is 23.4 Å². The van der Waals surface area contributed by atoms with E-state index in [1.54, 1.807) is 19.2 Å². The number of benzene rings is 4. The summed E-state index contributed by atoms with van der Waals surface area (Å²) in [6, 6.07) is 37.6. The van der Waals surface area contributed by atoms with Crippen LogP contribution < -0.4 is 4.74 Å². The molecule has 0 saturated heterocycles. The molecule has 5 rings (SSSR count). The molecule has 1 aliphatic carbocycles. The topological polar surface area (TPSA) is 80.3 Å². The molecule has 4 aromatic carbocycles. The van der Waals surface area contributed by atoms with Crippen molar-refractivity contribution < 1.29 is 31.8 Å². The van der Waals surface area contributed by atoms with Gasteiger partial charge in [0.2, 0.25) is 0 Å². The predicted octanol–water partition coefficient (Wildman–Crippen LogP) is 12.8. The molecule has 0 radical (unpaired) electrons. The van der Waals surface area contributed by atoms with E-state index in [2.05, 4.69) is 108 Å². The number of methoxy groups -OCH3 is 1. The molecule has 0 heterocycles. The lowest BCUT2D eigenvalue weighted by Gasteiger charge is -2.43. The molecular formula is C53H74O7SSi. The zero-order chi connectivity index (χ0) is 44.6. The SMILES string of the molecule is COc1ccc(COCCC/C=C/[C@@H](C)C(C[C@H](O[Si](C)(C)C(C)(C)C)[C@H](C)C[C@@H]2CC[C@@H](OCc3ccccc3)[C@H](OCc3ccccc3)C2)S(=O)(=O)c2ccccc2)cc1. The van der Waals surface area contributed by atoms with Crippen molar-refractivity contribution in [2.45, 2.75) is 146 Å². The minimum absolute atomic E-state index is 0.00201. The molecule has 338 valence electrons. The minimum Gasteiger partial charge on any atom is -0.497 e. The van der Waals surface area contributed by atoms with Crippen LogP contribution in [-0.2, 0) is 48.3 Å². The molecule has 1 aliphatic rings. The first-order valence-electron chi connectivity index (χ1n) is 22.8. The van der Waals surface area contributed by atoms with Gasteiger partial charge in [-0.2, -0.15) is 0 Å².